The maximum atomic E-state index is 12.5. The van der Waals surface area contributed by atoms with Crippen LogP contribution in [0.15, 0.2) is 54.6 Å². The second-order valence-electron chi connectivity index (χ2n) is 6.26. The molecule has 3 aromatic carbocycles. The van der Waals surface area contributed by atoms with E-state index in [2.05, 4.69) is 5.32 Å². The number of anilines is 1. The summed E-state index contributed by atoms with van der Waals surface area (Å²) in [5.74, 6) is 1.51. The van der Waals surface area contributed by atoms with Crippen LogP contribution in [0.4, 0.5) is 5.69 Å². The van der Waals surface area contributed by atoms with E-state index in [-0.39, 0.29) is 5.91 Å². The zero-order chi connectivity index (χ0) is 18.8. The summed E-state index contributed by atoms with van der Waals surface area (Å²) in [6.45, 7) is 5.08. The number of carbonyl (C=O) groups excluding carboxylic acids is 1. The van der Waals surface area contributed by atoms with Crippen LogP contribution >= 0.6 is 0 Å². The highest BCUT2D eigenvalue weighted by molar-refractivity contribution is 6.35. The summed E-state index contributed by atoms with van der Waals surface area (Å²) in [7, 11) is 0. The van der Waals surface area contributed by atoms with Crippen LogP contribution in [-0.2, 0) is 4.79 Å². The van der Waals surface area contributed by atoms with E-state index in [1.54, 1.807) is 0 Å². The van der Waals surface area contributed by atoms with Crippen molar-refractivity contribution in [2.45, 2.75) is 13.8 Å². The number of fused-ring (bicyclic) bond motifs is 2. The van der Waals surface area contributed by atoms with Gasteiger partial charge >= 0.3 is 0 Å². The molecule has 136 valence electrons. The molecule has 0 aliphatic carbocycles. The van der Waals surface area contributed by atoms with Crippen LogP contribution in [-0.4, -0.2) is 19.1 Å². The first-order chi connectivity index (χ1) is 13.2. The van der Waals surface area contributed by atoms with Crippen LogP contribution in [0.2, 0.25) is 0 Å². The third kappa shape index (κ3) is 3.04. The van der Waals surface area contributed by atoms with E-state index in [0.29, 0.717) is 18.8 Å². The molecule has 0 unspecified atom stereocenters. The summed E-state index contributed by atoms with van der Waals surface area (Å²) in [4.78, 5) is 12.5. The quantitative estimate of drug-likeness (QED) is 0.643. The lowest BCUT2D eigenvalue weighted by Gasteiger charge is -2.14. The van der Waals surface area contributed by atoms with Crippen LogP contribution in [0.1, 0.15) is 25.0 Å². The Kier molecular flexibility index (Phi) is 4.55. The molecule has 1 amide bonds. The molecule has 0 saturated carbocycles. The van der Waals surface area contributed by atoms with Crippen LogP contribution in [0.3, 0.4) is 0 Å². The molecule has 4 heteroatoms. The Balaban J connectivity index is 1.95. The Bertz CT molecular complexity index is 1050. The molecular formula is C23H21NO3. The van der Waals surface area contributed by atoms with Gasteiger partial charge in [0, 0.05) is 27.6 Å². The molecule has 0 radical (unpaired) electrons. The number of hydrogen-bond donors (Lipinski definition) is 1. The average molecular weight is 359 g/mol. The van der Waals surface area contributed by atoms with Crippen LogP contribution in [0.25, 0.3) is 22.4 Å². The summed E-state index contributed by atoms with van der Waals surface area (Å²) in [5.41, 5.74) is 3.34. The van der Waals surface area contributed by atoms with Gasteiger partial charge in [-0.2, -0.15) is 0 Å². The molecule has 1 N–H and O–H groups in total. The SMILES string of the molecule is CCOc1ccc(/C=C2\C(=O)Nc3ccccc32)c2c(OCC)cccc12. The normalized spacial score (nSPS) is 14.3. The van der Waals surface area contributed by atoms with Crippen molar-refractivity contribution in [3.05, 3.63) is 65.7 Å². The van der Waals surface area contributed by atoms with Crippen molar-refractivity contribution in [2.75, 3.05) is 18.5 Å². The third-order valence-electron chi connectivity index (χ3n) is 4.60. The highest BCUT2D eigenvalue weighted by Crippen LogP contribution is 2.39. The molecule has 4 rings (SSSR count). The zero-order valence-corrected chi connectivity index (χ0v) is 15.4. The summed E-state index contributed by atoms with van der Waals surface area (Å²) < 4.78 is 11.7. The van der Waals surface area contributed by atoms with Crippen molar-refractivity contribution < 1.29 is 14.3 Å². The van der Waals surface area contributed by atoms with Gasteiger partial charge in [-0.15, -0.1) is 0 Å². The van der Waals surface area contributed by atoms with Crippen LogP contribution in [0.5, 0.6) is 11.5 Å². The highest BCUT2D eigenvalue weighted by Gasteiger charge is 2.24. The maximum Gasteiger partial charge on any atom is 0.256 e. The zero-order valence-electron chi connectivity index (χ0n) is 15.4. The molecule has 0 fully saturated rings. The number of hydrogen-bond acceptors (Lipinski definition) is 3. The first-order valence-electron chi connectivity index (χ1n) is 9.16. The van der Waals surface area contributed by atoms with Gasteiger partial charge in [-0.3, -0.25) is 4.79 Å². The molecule has 0 atom stereocenters. The molecule has 1 heterocycles. The van der Waals surface area contributed by atoms with Crippen LogP contribution in [0, 0.1) is 0 Å². The molecular weight excluding hydrogens is 338 g/mol. The van der Waals surface area contributed by atoms with Crippen molar-refractivity contribution in [3.63, 3.8) is 0 Å². The fourth-order valence-corrected chi connectivity index (χ4v) is 3.49. The van der Waals surface area contributed by atoms with E-state index in [9.17, 15) is 4.79 Å². The van der Waals surface area contributed by atoms with E-state index in [4.69, 9.17) is 9.47 Å². The van der Waals surface area contributed by atoms with Gasteiger partial charge in [-0.05, 0) is 43.7 Å². The van der Waals surface area contributed by atoms with Crippen molar-refractivity contribution in [3.8, 4) is 11.5 Å². The van der Waals surface area contributed by atoms with Gasteiger partial charge in [0.1, 0.15) is 11.5 Å². The van der Waals surface area contributed by atoms with Gasteiger partial charge in [-0.25, -0.2) is 0 Å². The fraction of sp³-hybridized carbons (Fsp3) is 0.174. The Hall–Kier alpha value is -3.27. The van der Waals surface area contributed by atoms with Gasteiger partial charge in [0.2, 0.25) is 0 Å². The predicted octanol–water partition coefficient (Wildman–Crippen LogP) is 5.13. The van der Waals surface area contributed by atoms with Gasteiger partial charge in [0.15, 0.2) is 0 Å². The summed E-state index contributed by atoms with van der Waals surface area (Å²) in [5, 5.41) is 4.85. The van der Waals surface area contributed by atoms with Gasteiger partial charge in [0.05, 0.1) is 13.2 Å². The van der Waals surface area contributed by atoms with Crippen molar-refractivity contribution in [1.29, 1.82) is 0 Å². The van der Waals surface area contributed by atoms with Crippen molar-refractivity contribution in [1.82, 2.24) is 0 Å². The molecule has 0 saturated heterocycles. The summed E-state index contributed by atoms with van der Waals surface area (Å²) in [6.07, 6.45) is 1.93. The number of ether oxygens (including phenoxy) is 2. The van der Waals surface area contributed by atoms with Gasteiger partial charge < -0.3 is 14.8 Å². The highest BCUT2D eigenvalue weighted by atomic mass is 16.5. The Labute approximate surface area is 158 Å². The Morgan fingerprint density at radius 2 is 1.67 bits per heavy atom. The number of para-hydroxylation sites is 1. The smallest absolute Gasteiger partial charge is 0.256 e. The van der Waals surface area contributed by atoms with Crippen molar-refractivity contribution in [2.24, 2.45) is 0 Å². The lowest BCUT2D eigenvalue weighted by atomic mass is 9.98. The van der Waals surface area contributed by atoms with E-state index in [1.165, 1.54) is 0 Å². The van der Waals surface area contributed by atoms with E-state index in [0.717, 1.165) is 39.1 Å². The molecule has 1 aliphatic rings. The summed E-state index contributed by atoms with van der Waals surface area (Å²) in [6, 6.07) is 17.6. The molecule has 3 aromatic rings. The second-order valence-corrected chi connectivity index (χ2v) is 6.26. The largest absolute Gasteiger partial charge is 0.493 e. The molecule has 0 bridgehead atoms. The molecule has 0 aromatic heterocycles. The molecule has 27 heavy (non-hydrogen) atoms. The minimum Gasteiger partial charge on any atom is -0.493 e. The molecule has 1 aliphatic heterocycles. The average Bonchev–Trinajstić information content (AvgIpc) is 2.99. The number of benzene rings is 3. The first-order valence-corrected chi connectivity index (χ1v) is 9.16. The third-order valence-corrected chi connectivity index (χ3v) is 4.60. The van der Waals surface area contributed by atoms with Crippen molar-refractivity contribution >= 4 is 34.0 Å². The minimum absolute atomic E-state index is 0.0906. The predicted molar refractivity (Wildman–Crippen MR) is 109 cm³/mol. The molecule has 0 spiro atoms. The first kappa shape index (κ1) is 17.2. The number of nitrogens with one attached hydrogen (secondary N) is 1. The van der Waals surface area contributed by atoms with Gasteiger partial charge in [0.25, 0.3) is 5.91 Å². The molecule has 4 nitrogen and oxygen atoms in total. The number of amides is 1. The van der Waals surface area contributed by atoms with Crippen LogP contribution < -0.4 is 14.8 Å². The Morgan fingerprint density at radius 1 is 0.889 bits per heavy atom. The Morgan fingerprint density at radius 3 is 2.48 bits per heavy atom. The van der Waals surface area contributed by atoms with E-state index in [1.807, 2.05) is 74.5 Å². The van der Waals surface area contributed by atoms with E-state index >= 15 is 0 Å². The topological polar surface area (TPSA) is 47.6 Å². The monoisotopic (exact) mass is 359 g/mol. The lowest BCUT2D eigenvalue weighted by Crippen LogP contribution is -2.03. The summed E-state index contributed by atoms with van der Waals surface area (Å²) >= 11 is 0. The number of carbonyl (C=O) groups is 1. The maximum absolute atomic E-state index is 12.5. The lowest BCUT2D eigenvalue weighted by molar-refractivity contribution is -0.110. The standard InChI is InChI=1S/C23H21NO3/c1-3-26-20-13-12-15(22-17(20)9-7-11-21(22)27-4-2)14-18-16-8-5-6-10-19(16)24-23(18)25/h5-14H,3-4H2,1-2H3,(H,24,25)/b18-14-. The second kappa shape index (κ2) is 7.16. The van der Waals surface area contributed by atoms with Gasteiger partial charge in [-0.1, -0.05) is 36.4 Å². The number of rotatable bonds is 5. The van der Waals surface area contributed by atoms with E-state index < -0.39 is 0 Å². The fourth-order valence-electron chi connectivity index (χ4n) is 3.49. The minimum atomic E-state index is -0.0906.